The monoisotopic (exact) mass is 491 g/mol. The number of aromatic nitrogens is 2. The third kappa shape index (κ3) is 5.49. The minimum Gasteiger partial charge on any atom is -0.444 e. The van der Waals surface area contributed by atoms with Crippen molar-refractivity contribution in [1.29, 1.82) is 0 Å². The Hall–Kier alpha value is -3.14. The number of ether oxygens (including phenoxy) is 1. The first-order chi connectivity index (χ1) is 16.3. The lowest BCUT2D eigenvalue weighted by atomic mass is 9.91. The summed E-state index contributed by atoms with van der Waals surface area (Å²) in [6, 6.07) is 4.44. The van der Waals surface area contributed by atoms with E-state index in [0.29, 0.717) is 56.4 Å². The van der Waals surface area contributed by atoms with Gasteiger partial charge in [-0.05, 0) is 44.2 Å². The minimum absolute atomic E-state index is 0.0558. The van der Waals surface area contributed by atoms with Crippen LogP contribution in [0.1, 0.15) is 48.0 Å². The molecule has 182 valence electrons. The first-order valence-electron chi connectivity index (χ1n) is 11.3. The molecule has 11 heteroatoms. The van der Waals surface area contributed by atoms with Crippen LogP contribution in [0.25, 0.3) is 0 Å². The van der Waals surface area contributed by atoms with Crippen LogP contribution in [0.2, 0.25) is 5.02 Å². The van der Waals surface area contributed by atoms with Crippen molar-refractivity contribution in [2.45, 2.75) is 57.2 Å². The highest BCUT2D eigenvalue weighted by atomic mass is 35.5. The lowest BCUT2D eigenvalue weighted by molar-refractivity contribution is 0.0904. The van der Waals surface area contributed by atoms with Crippen molar-refractivity contribution < 1.29 is 18.7 Å². The maximum absolute atomic E-state index is 14.0. The van der Waals surface area contributed by atoms with E-state index in [1.165, 1.54) is 12.3 Å². The van der Waals surface area contributed by atoms with Crippen LogP contribution in [-0.4, -0.2) is 53.5 Å². The maximum atomic E-state index is 14.0. The van der Waals surface area contributed by atoms with Crippen LogP contribution < -0.4 is 21.1 Å². The number of H-pyrrole nitrogens is 1. The molecule has 1 aliphatic heterocycles. The normalized spacial score (nSPS) is 22.3. The van der Waals surface area contributed by atoms with Crippen molar-refractivity contribution in [3.8, 4) is 0 Å². The summed E-state index contributed by atoms with van der Waals surface area (Å²) >= 11 is 6.06. The first-order valence-corrected chi connectivity index (χ1v) is 11.7. The van der Waals surface area contributed by atoms with Crippen LogP contribution in [-0.2, 0) is 4.74 Å². The number of alkyl carbamates (subject to hydrolysis) is 1. The highest BCUT2D eigenvalue weighted by Crippen LogP contribution is 2.26. The molecule has 2 aromatic rings. The van der Waals surface area contributed by atoms with Crippen LogP contribution in [0, 0.1) is 12.7 Å². The zero-order valence-electron chi connectivity index (χ0n) is 18.8. The van der Waals surface area contributed by atoms with Crippen LogP contribution in [0.4, 0.5) is 14.9 Å². The Balaban J connectivity index is 1.21. The Kier molecular flexibility index (Phi) is 7.35. The predicted molar refractivity (Wildman–Crippen MR) is 125 cm³/mol. The lowest BCUT2D eigenvalue weighted by Gasteiger charge is -2.30. The number of rotatable bonds is 5. The van der Waals surface area contributed by atoms with Crippen LogP contribution in [0.3, 0.4) is 0 Å². The maximum Gasteiger partial charge on any atom is 0.407 e. The van der Waals surface area contributed by atoms with Crippen LogP contribution in [0.15, 0.2) is 29.2 Å². The van der Waals surface area contributed by atoms with Crippen molar-refractivity contribution in [2.75, 3.05) is 18.0 Å². The average Bonchev–Trinajstić information content (AvgIpc) is 3.25. The summed E-state index contributed by atoms with van der Waals surface area (Å²) in [4.78, 5) is 38.4. The molecule has 9 nitrogen and oxygen atoms in total. The molecule has 4 rings (SSSR count). The fourth-order valence-corrected chi connectivity index (χ4v) is 4.76. The van der Waals surface area contributed by atoms with Gasteiger partial charge in [0.25, 0.3) is 11.5 Å². The summed E-state index contributed by atoms with van der Waals surface area (Å²) in [6.45, 7) is 2.72. The molecule has 2 aliphatic rings. The number of hydrogen-bond acceptors (Lipinski definition) is 6. The minimum atomic E-state index is -0.529. The summed E-state index contributed by atoms with van der Waals surface area (Å²) in [6.07, 6.45) is 4.00. The van der Waals surface area contributed by atoms with E-state index in [1.807, 2.05) is 4.90 Å². The van der Waals surface area contributed by atoms with E-state index >= 15 is 0 Å². The van der Waals surface area contributed by atoms with Crippen LogP contribution >= 0.6 is 11.6 Å². The van der Waals surface area contributed by atoms with E-state index in [-0.39, 0.29) is 28.8 Å². The Morgan fingerprint density at radius 2 is 1.88 bits per heavy atom. The summed E-state index contributed by atoms with van der Waals surface area (Å²) < 4.78 is 19.6. The van der Waals surface area contributed by atoms with E-state index in [1.54, 1.807) is 19.1 Å². The van der Waals surface area contributed by atoms with Gasteiger partial charge in [-0.1, -0.05) is 23.7 Å². The molecule has 1 saturated carbocycles. The fourth-order valence-electron chi connectivity index (χ4n) is 4.55. The van der Waals surface area contributed by atoms with E-state index < -0.39 is 23.4 Å². The van der Waals surface area contributed by atoms with Gasteiger partial charge in [-0.3, -0.25) is 9.59 Å². The molecule has 0 radical (unpaired) electrons. The summed E-state index contributed by atoms with van der Waals surface area (Å²) in [5.74, 6) is -0.938. The number of aryl methyl sites for hydroxylation is 1. The summed E-state index contributed by atoms with van der Waals surface area (Å²) in [5.41, 5.74) is 0.729. The number of nitrogens with one attached hydrogen (secondary N) is 3. The second kappa shape index (κ2) is 10.4. The number of carbonyl (C=O) groups is 2. The van der Waals surface area contributed by atoms with Crippen molar-refractivity contribution in [3.05, 3.63) is 56.7 Å². The molecule has 0 spiro atoms. The Labute approximate surface area is 201 Å². The third-order valence-electron chi connectivity index (χ3n) is 6.37. The van der Waals surface area contributed by atoms with Gasteiger partial charge in [0.2, 0.25) is 0 Å². The molecule has 0 bridgehead atoms. The molecule has 1 atom stereocenters. The highest BCUT2D eigenvalue weighted by molar-refractivity contribution is 6.33. The number of carbonyl (C=O) groups excluding carboxylic acids is 2. The Morgan fingerprint density at radius 3 is 2.59 bits per heavy atom. The fraction of sp³-hybridized carbons (Fsp3) is 0.478. The van der Waals surface area contributed by atoms with Gasteiger partial charge in [0, 0.05) is 25.0 Å². The molecular formula is C23H27ClFN5O4. The molecule has 0 unspecified atom stereocenters. The predicted octanol–water partition coefficient (Wildman–Crippen LogP) is 2.92. The average molecular weight is 492 g/mol. The van der Waals surface area contributed by atoms with Crippen molar-refractivity contribution >= 4 is 29.3 Å². The molecular weight excluding hydrogens is 465 g/mol. The topological polar surface area (TPSA) is 116 Å². The number of halogens is 2. The molecule has 3 N–H and O–H groups in total. The van der Waals surface area contributed by atoms with E-state index in [2.05, 4.69) is 20.8 Å². The largest absolute Gasteiger partial charge is 0.444 e. The number of aromatic amines is 1. The van der Waals surface area contributed by atoms with E-state index in [4.69, 9.17) is 16.3 Å². The van der Waals surface area contributed by atoms with E-state index in [9.17, 15) is 18.8 Å². The summed E-state index contributed by atoms with van der Waals surface area (Å²) in [7, 11) is 0. The molecule has 1 aromatic carbocycles. The standard InChI is InChI=1S/C23H27ClFN5O4/c1-13-3-2-4-17(25)19(13)21(31)27-14-5-7-15(8-6-14)28-23(33)34-16-9-10-30(12-16)18-11-26-29-22(32)20(18)24/h2-4,11,14-16H,5-10,12H2,1H3,(H,27,31)(H,28,33)(H,29,32)/t14-,15-,16-/m1/s1. The quantitative estimate of drug-likeness (QED) is 0.592. The van der Waals surface area contributed by atoms with Crippen molar-refractivity contribution in [2.24, 2.45) is 0 Å². The Morgan fingerprint density at radius 1 is 1.18 bits per heavy atom. The third-order valence-corrected chi connectivity index (χ3v) is 6.74. The van der Waals surface area contributed by atoms with Gasteiger partial charge in [0.15, 0.2) is 0 Å². The zero-order chi connectivity index (χ0) is 24.2. The number of benzene rings is 1. The Bertz CT molecular complexity index is 1100. The van der Waals surface area contributed by atoms with Gasteiger partial charge in [-0.25, -0.2) is 14.3 Å². The second-order valence-corrected chi connectivity index (χ2v) is 9.14. The van der Waals surface area contributed by atoms with Crippen molar-refractivity contribution in [3.63, 3.8) is 0 Å². The zero-order valence-corrected chi connectivity index (χ0v) is 19.5. The molecule has 2 fully saturated rings. The highest BCUT2D eigenvalue weighted by Gasteiger charge is 2.30. The molecule has 2 amide bonds. The van der Waals surface area contributed by atoms with Crippen LogP contribution in [0.5, 0.6) is 0 Å². The number of anilines is 1. The molecule has 1 aliphatic carbocycles. The SMILES string of the molecule is Cc1cccc(F)c1C(=O)N[C@H]1CC[C@H](NC(=O)O[C@@H]2CCN(c3cn[nH]c(=O)c3Cl)C2)CC1. The van der Waals surface area contributed by atoms with Gasteiger partial charge >= 0.3 is 6.09 Å². The van der Waals surface area contributed by atoms with E-state index in [0.717, 1.165) is 0 Å². The second-order valence-electron chi connectivity index (χ2n) is 8.76. The number of nitrogens with zero attached hydrogens (tertiary/aromatic N) is 2. The molecule has 2 heterocycles. The molecule has 1 aromatic heterocycles. The lowest BCUT2D eigenvalue weighted by Crippen LogP contribution is -2.44. The molecule has 34 heavy (non-hydrogen) atoms. The summed E-state index contributed by atoms with van der Waals surface area (Å²) in [5, 5.41) is 11.9. The smallest absolute Gasteiger partial charge is 0.407 e. The van der Waals surface area contributed by atoms with Gasteiger partial charge < -0.3 is 20.3 Å². The molecule has 1 saturated heterocycles. The van der Waals surface area contributed by atoms with Gasteiger partial charge in [-0.2, -0.15) is 5.10 Å². The van der Waals surface area contributed by atoms with Crippen molar-refractivity contribution in [1.82, 2.24) is 20.8 Å². The van der Waals surface area contributed by atoms with Gasteiger partial charge in [0.05, 0.1) is 24.0 Å². The van der Waals surface area contributed by atoms with Gasteiger partial charge in [-0.15, -0.1) is 0 Å². The first kappa shape index (κ1) is 24.0. The number of amides is 2. The van der Waals surface area contributed by atoms with Gasteiger partial charge in [0.1, 0.15) is 16.9 Å². The number of hydrogen-bond donors (Lipinski definition) is 3.